The number of anilines is 1. The lowest BCUT2D eigenvalue weighted by Gasteiger charge is -2.40. The standard InChI is InChI=1S/C29H30F2N6O2/c1-18-10-20(5-6-33-18)13-36(22-4-3-9-35(16-22)25-12-32-7-8-34-25)14-21-15-37-19(2)17-39-29-26(31)24(30)11-23(27(29)37)28(21)38/h5-8,10-12,15,19,22H,3-4,9,13-14,16-17H2,1-2H3/t19?,22-/m0/s1. The highest BCUT2D eigenvalue weighted by molar-refractivity contribution is 5.86. The molecule has 0 aliphatic carbocycles. The number of halogens is 2. The summed E-state index contributed by atoms with van der Waals surface area (Å²) in [5.74, 6) is -1.50. The Morgan fingerprint density at radius 2 is 2.03 bits per heavy atom. The van der Waals surface area contributed by atoms with E-state index >= 15 is 0 Å². The van der Waals surface area contributed by atoms with Crippen molar-refractivity contribution in [3.05, 3.63) is 87.9 Å². The summed E-state index contributed by atoms with van der Waals surface area (Å²) in [6, 6.07) is 5.04. The predicted molar refractivity (Wildman–Crippen MR) is 144 cm³/mol. The minimum Gasteiger partial charge on any atom is -0.486 e. The van der Waals surface area contributed by atoms with Crippen LogP contribution in [0.2, 0.25) is 0 Å². The van der Waals surface area contributed by atoms with Gasteiger partial charge in [-0.25, -0.2) is 9.37 Å². The van der Waals surface area contributed by atoms with Crippen molar-refractivity contribution in [2.45, 2.75) is 51.9 Å². The molecular weight excluding hydrogens is 502 g/mol. The number of nitrogens with zero attached hydrogens (tertiary/aromatic N) is 6. The largest absolute Gasteiger partial charge is 0.486 e. The van der Waals surface area contributed by atoms with Crippen molar-refractivity contribution in [1.82, 2.24) is 24.4 Å². The van der Waals surface area contributed by atoms with Gasteiger partial charge in [-0.05, 0) is 50.5 Å². The number of pyridine rings is 2. The molecule has 10 heteroatoms. The van der Waals surface area contributed by atoms with Gasteiger partial charge in [-0.3, -0.25) is 19.7 Å². The van der Waals surface area contributed by atoms with Crippen molar-refractivity contribution >= 4 is 16.7 Å². The lowest BCUT2D eigenvalue weighted by molar-refractivity contribution is 0.157. The van der Waals surface area contributed by atoms with Gasteiger partial charge in [0.1, 0.15) is 12.4 Å². The fourth-order valence-corrected chi connectivity index (χ4v) is 5.75. The molecule has 0 N–H and O–H groups in total. The topological polar surface area (TPSA) is 76.4 Å². The molecule has 2 aliphatic rings. The summed E-state index contributed by atoms with van der Waals surface area (Å²) in [5, 5.41) is 0.137. The number of rotatable bonds is 6. The van der Waals surface area contributed by atoms with E-state index in [1.807, 2.05) is 24.5 Å². The summed E-state index contributed by atoms with van der Waals surface area (Å²) < 4.78 is 36.5. The molecule has 5 heterocycles. The lowest BCUT2D eigenvalue weighted by atomic mass is 10.0. The second-order valence-corrected chi connectivity index (χ2v) is 10.5. The maximum Gasteiger partial charge on any atom is 0.202 e. The Kier molecular flexibility index (Phi) is 6.72. The first-order chi connectivity index (χ1) is 18.9. The Bertz CT molecular complexity index is 1580. The van der Waals surface area contributed by atoms with Crippen LogP contribution in [-0.2, 0) is 13.1 Å². The normalized spacial score (nSPS) is 18.9. The summed E-state index contributed by atoms with van der Waals surface area (Å²) in [6.45, 7) is 6.68. The van der Waals surface area contributed by atoms with Crippen molar-refractivity contribution in [1.29, 1.82) is 0 Å². The zero-order valence-electron chi connectivity index (χ0n) is 22.0. The van der Waals surface area contributed by atoms with E-state index in [0.29, 0.717) is 24.2 Å². The van der Waals surface area contributed by atoms with Crippen LogP contribution in [0.5, 0.6) is 5.75 Å². The van der Waals surface area contributed by atoms with Gasteiger partial charge in [-0.1, -0.05) is 0 Å². The molecule has 8 nitrogen and oxygen atoms in total. The highest BCUT2D eigenvalue weighted by atomic mass is 19.2. The second-order valence-electron chi connectivity index (χ2n) is 10.5. The van der Waals surface area contributed by atoms with E-state index in [2.05, 4.69) is 30.8 Å². The number of hydrogen-bond donors (Lipinski definition) is 0. The number of hydrogen-bond acceptors (Lipinski definition) is 7. The minimum atomic E-state index is -1.08. The van der Waals surface area contributed by atoms with Crippen LogP contribution < -0.4 is 15.1 Å². The smallest absolute Gasteiger partial charge is 0.202 e. The van der Waals surface area contributed by atoms with Crippen LogP contribution in [0, 0.1) is 18.6 Å². The first-order valence-corrected chi connectivity index (χ1v) is 13.2. The molecule has 2 atom stereocenters. The first-order valence-electron chi connectivity index (χ1n) is 13.2. The zero-order valence-corrected chi connectivity index (χ0v) is 22.0. The average molecular weight is 533 g/mol. The highest BCUT2D eigenvalue weighted by Gasteiger charge is 2.30. The van der Waals surface area contributed by atoms with Gasteiger partial charge in [0.05, 0.1) is 23.1 Å². The zero-order chi connectivity index (χ0) is 27.1. The maximum atomic E-state index is 14.6. The summed E-state index contributed by atoms with van der Waals surface area (Å²) >= 11 is 0. The van der Waals surface area contributed by atoms with E-state index in [1.54, 1.807) is 31.0 Å². The number of piperidine rings is 1. The average Bonchev–Trinajstić information content (AvgIpc) is 2.95. The minimum absolute atomic E-state index is 0.131. The van der Waals surface area contributed by atoms with Gasteiger partial charge in [0.25, 0.3) is 0 Å². The molecule has 2 aliphatic heterocycles. The van der Waals surface area contributed by atoms with Gasteiger partial charge in [0.2, 0.25) is 5.82 Å². The van der Waals surface area contributed by atoms with Crippen molar-refractivity contribution in [2.24, 2.45) is 0 Å². The molecule has 3 aromatic heterocycles. The molecule has 1 fully saturated rings. The Balaban J connectivity index is 1.40. The summed E-state index contributed by atoms with van der Waals surface area (Å²) in [7, 11) is 0. The quantitative estimate of drug-likeness (QED) is 0.364. The van der Waals surface area contributed by atoms with Crippen LogP contribution in [0.25, 0.3) is 10.9 Å². The van der Waals surface area contributed by atoms with E-state index in [1.165, 1.54) is 0 Å². The van der Waals surface area contributed by atoms with Gasteiger partial charge in [-0.15, -0.1) is 0 Å². The van der Waals surface area contributed by atoms with E-state index in [-0.39, 0.29) is 35.3 Å². The number of aryl methyl sites for hydroxylation is 1. The van der Waals surface area contributed by atoms with Gasteiger partial charge < -0.3 is 14.2 Å². The van der Waals surface area contributed by atoms with E-state index in [4.69, 9.17) is 4.74 Å². The van der Waals surface area contributed by atoms with Crippen LogP contribution in [0.15, 0.2) is 54.0 Å². The van der Waals surface area contributed by atoms with Crippen LogP contribution in [0.1, 0.15) is 42.6 Å². The molecule has 202 valence electrons. The maximum absolute atomic E-state index is 14.6. The predicted octanol–water partition coefficient (Wildman–Crippen LogP) is 4.40. The molecule has 0 saturated carbocycles. The van der Waals surface area contributed by atoms with Crippen LogP contribution in [0.3, 0.4) is 0 Å². The molecule has 6 rings (SSSR count). The third-order valence-corrected chi connectivity index (χ3v) is 7.69. The van der Waals surface area contributed by atoms with Gasteiger partial charge in [0, 0.05) is 68.3 Å². The van der Waals surface area contributed by atoms with Crippen LogP contribution in [-0.4, -0.2) is 50.2 Å². The Labute approximate surface area is 224 Å². The molecule has 39 heavy (non-hydrogen) atoms. The van der Waals surface area contributed by atoms with Gasteiger partial charge in [-0.2, -0.15) is 4.39 Å². The van der Waals surface area contributed by atoms with Crippen LogP contribution >= 0.6 is 0 Å². The number of benzene rings is 1. The third-order valence-electron chi connectivity index (χ3n) is 7.69. The number of ether oxygens (including phenoxy) is 1. The fourth-order valence-electron chi connectivity index (χ4n) is 5.75. The van der Waals surface area contributed by atoms with Crippen molar-refractivity contribution < 1.29 is 13.5 Å². The van der Waals surface area contributed by atoms with Crippen molar-refractivity contribution in [3.8, 4) is 5.75 Å². The van der Waals surface area contributed by atoms with E-state index in [0.717, 1.165) is 49.1 Å². The second kappa shape index (κ2) is 10.3. The van der Waals surface area contributed by atoms with E-state index < -0.39 is 11.6 Å². The monoisotopic (exact) mass is 532 g/mol. The SMILES string of the molecule is Cc1cc(CN(Cc2cn3c4c(c(F)c(F)cc4c2=O)OCC3C)[C@H]2CCCN(c3cnccn3)C2)ccn1. The highest BCUT2D eigenvalue weighted by Crippen LogP contribution is 2.35. The first kappa shape index (κ1) is 25.4. The Morgan fingerprint density at radius 3 is 2.82 bits per heavy atom. The summed E-state index contributed by atoms with van der Waals surface area (Å²) in [4.78, 5) is 31.3. The third kappa shape index (κ3) is 4.85. The van der Waals surface area contributed by atoms with Gasteiger partial charge in [0.15, 0.2) is 17.0 Å². The Hall–Kier alpha value is -3.92. The van der Waals surface area contributed by atoms with Crippen LogP contribution in [0.4, 0.5) is 14.6 Å². The molecule has 1 saturated heterocycles. The lowest BCUT2D eigenvalue weighted by Crippen LogP contribution is -2.48. The molecule has 0 bridgehead atoms. The molecule has 4 aromatic rings. The summed E-state index contributed by atoms with van der Waals surface area (Å²) in [5.41, 5.74) is 2.56. The fraction of sp³-hybridized carbons (Fsp3) is 0.379. The molecule has 0 spiro atoms. The molecular formula is C29H30F2N6O2. The van der Waals surface area contributed by atoms with Crippen molar-refractivity contribution in [3.63, 3.8) is 0 Å². The van der Waals surface area contributed by atoms with Crippen molar-refractivity contribution in [2.75, 3.05) is 24.6 Å². The van der Waals surface area contributed by atoms with E-state index in [9.17, 15) is 13.6 Å². The number of aromatic nitrogens is 4. The Morgan fingerprint density at radius 1 is 1.15 bits per heavy atom. The molecule has 1 unspecified atom stereocenters. The molecule has 1 aromatic carbocycles. The molecule has 0 radical (unpaired) electrons. The van der Waals surface area contributed by atoms with Gasteiger partial charge >= 0.3 is 0 Å². The summed E-state index contributed by atoms with van der Waals surface area (Å²) in [6.07, 6.45) is 10.6. The molecule has 0 amide bonds.